The van der Waals surface area contributed by atoms with E-state index in [-0.39, 0.29) is 0 Å². The third-order valence-electron chi connectivity index (χ3n) is 4.00. The van der Waals surface area contributed by atoms with Gasteiger partial charge in [0.1, 0.15) is 0 Å². The van der Waals surface area contributed by atoms with Gasteiger partial charge in [-0.05, 0) is 31.9 Å². The van der Waals surface area contributed by atoms with Crippen LogP contribution in [0.3, 0.4) is 0 Å². The molecule has 1 aliphatic carbocycles. The highest BCUT2D eigenvalue weighted by Gasteiger charge is 2.35. The van der Waals surface area contributed by atoms with Crippen molar-refractivity contribution < 1.29 is 19.5 Å². The lowest BCUT2D eigenvalue weighted by Gasteiger charge is -2.27. The summed E-state index contributed by atoms with van der Waals surface area (Å²) >= 11 is 0. The highest BCUT2D eigenvalue weighted by molar-refractivity contribution is 5.96. The van der Waals surface area contributed by atoms with Crippen LogP contribution in [0.25, 0.3) is 0 Å². The first-order valence-corrected chi connectivity index (χ1v) is 7.38. The predicted molar refractivity (Wildman–Crippen MR) is 79.9 cm³/mol. The molecule has 6 nitrogen and oxygen atoms in total. The number of benzene rings is 1. The summed E-state index contributed by atoms with van der Waals surface area (Å²) in [4.78, 5) is 35.3. The van der Waals surface area contributed by atoms with Gasteiger partial charge in [0, 0.05) is 5.56 Å². The zero-order chi connectivity index (χ0) is 16.1. The maximum atomic E-state index is 12.1. The molecular weight excluding hydrogens is 284 g/mol. The minimum atomic E-state index is -0.954. The molecule has 118 valence electrons. The second-order valence-corrected chi connectivity index (χ2v) is 5.65. The Morgan fingerprint density at radius 1 is 1.09 bits per heavy atom. The average Bonchev–Trinajstić information content (AvgIpc) is 2.52. The fourth-order valence-electron chi connectivity index (χ4n) is 2.81. The molecule has 0 radical (unpaired) electrons. The van der Waals surface area contributed by atoms with Crippen molar-refractivity contribution in [3.63, 3.8) is 0 Å². The van der Waals surface area contributed by atoms with Crippen LogP contribution < -0.4 is 10.9 Å². The number of carboxylic acid groups (broad SMARTS) is 1. The molecule has 1 saturated carbocycles. The summed E-state index contributed by atoms with van der Waals surface area (Å²) in [6.07, 6.45) is 2.67. The first-order valence-electron chi connectivity index (χ1n) is 7.38. The van der Waals surface area contributed by atoms with Gasteiger partial charge < -0.3 is 5.11 Å². The van der Waals surface area contributed by atoms with Crippen molar-refractivity contribution in [3.8, 4) is 0 Å². The van der Waals surface area contributed by atoms with Crippen LogP contribution in [0.15, 0.2) is 24.3 Å². The van der Waals surface area contributed by atoms with Crippen LogP contribution in [0.1, 0.15) is 41.6 Å². The maximum absolute atomic E-state index is 12.1. The third kappa shape index (κ3) is 3.84. The van der Waals surface area contributed by atoms with Gasteiger partial charge >= 0.3 is 5.97 Å². The number of carboxylic acids is 1. The predicted octanol–water partition coefficient (Wildman–Crippen LogP) is 1.65. The van der Waals surface area contributed by atoms with Gasteiger partial charge in [0.15, 0.2) is 0 Å². The molecule has 1 fully saturated rings. The van der Waals surface area contributed by atoms with E-state index in [1.54, 1.807) is 18.2 Å². The molecule has 3 N–H and O–H groups in total. The number of aliphatic carboxylic acids is 1. The maximum Gasteiger partial charge on any atom is 0.307 e. The monoisotopic (exact) mass is 304 g/mol. The number of hydrogen-bond donors (Lipinski definition) is 3. The number of carbonyl (C=O) groups excluding carboxylic acids is 2. The molecule has 0 heterocycles. The Kier molecular flexibility index (Phi) is 5.14. The molecule has 0 spiro atoms. The smallest absolute Gasteiger partial charge is 0.307 e. The molecule has 0 aromatic heterocycles. The van der Waals surface area contributed by atoms with E-state index in [1.807, 2.05) is 13.0 Å². The number of hydrazine groups is 1. The van der Waals surface area contributed by atoms with Gasteiger partial charge in [-0.15, -0.1) is 0 Å². The quantitative estimate of drug-likeness (QED) is 0.740. The van der Waals surface area contributed by atoms with Crippen molar-refractivity contribution in [2.24, 2.45) is 11.8 Å². The van der Waals surface area contributed by atoms with E-state index in [0.717, 1.165) is 18.4 Å². The summed E-state index contributed by atoms with van der Waals surface area (Å²) in [6, 6.07) is 6.99. The molecule has 2 amide bonds. The molecule has 2 rings (SSSR count). The molecule has 1 aromatic rings. The van der Waals surface area contributed by atoms with Crippen LogP contribution >= 0.6 is 0 Å². The van der Waals surface area contributed by atoms with Crippen molar-refractivity contribution >= 4 is 17.8 Å². The second-order valence-electron chi connectivity index (χ2n) is 5.65. The molecule has 1 aromatic carbocycles. The minimum Gasteiger partial charge on any atom is -0.481 e. The molecular formula is C16H20N2O4. The van der Waals surface area contributed by atoms with Gasteiger partial charge in [-0.2, -0.15) is 0 Å². The van der Waals surface area contributed by atoms with Gasteiger partial charge in [0.2, 0.25) is 5.91 Å². The lowest BCUT2D eigenvalue weighted by atomic mass is 9.79. The first kappa shape index (κ1) is 16.0. The zero-order valence-electron chi connectivity index (χ0n) is 12.5. The summed E-state index contributed by atoms with van der Waals surface area (Å²) in [5.41, 5.74) is 6.09. The highest BCUT2D eigenvalue weighted by atomic mass is 16.4. The van der Waals surface area contributed by atoms with Crippen LogP contribution in [0, 0.1) is 18.8 Å². The number of amides is 2. The number of rotatable bonds is 3. The fraction of sp³-hybridized carbons (Fsp3) is 0.438. The Hall–Kier alpha value is -2.37. The van der Waals surface area contributed by atoms with E-state index >= 15 is 0 Å². The third-order valence-corrected chi connectivity index (χ3v) is 4.00. The largest absolute Gasteiger partial charge is 0.481 e. The SMILES string of the molecule is Cc1cccc(C(=O)NNC(=O)C2CCCC[C@@H]2C(=O)O)c1. The lowest BCUT2D eigenvalue weighted by Crippen LogP contribution is -2.47. The topological polar surface area (TPSA) is 95.5 Å². The summed E-state index contributed by atoms with van der Waals surface area (Å²) < 4.78 is 0. The molecule has 1 unspecified atom stereocenters. The van der Waals surface area contributed by atoms with Crippen molar-refractivity contribution in [2.75, 3.05) is 0 Å². The standard InChI is InChI=1S/C16H20N2O4/c1-10-5-4-6-11(9-10)14(19)17-18-15(20)12-7-2-3-8-13(12)16(21)22/h4-6,9,12-13H,2-3,7-8H2,1H3,(H,17,19)(H,18,20)(H,21,22)/t12?,13-/m0/s1. The summed E-state index contributed by atoms with van der Waals surface area (Å²) in [6.45, 7) is 1.87. The van der Waals surface area contributed by atoms with E-state index in [9.17, 15) is 19.5 Å². The number of hydrogen-bond acceptors (Lipinski definition) is 3. The van der Waals surface area contributed by atoms with Crippen molar-refractivity contribution in [2.45, 2.75) is 32.6 Å². The molecule has 2 atom stereocenters. The minimum absolute atomic E-state index is 0.417. The van der Waals surface area contributed by atoms with E-state index in [2.05, 4.69) is 10.9 Å². The average molecular weight is 304 g/mol. The van der Waals surface area contributed by atoms with E-state index < -0.39 is 29.6 Å². The van der Waals surface area contributed by atoms with Crippen molar-refractivity contribution in [1.82, 2.24) is 10.9 Å². The second kappa shape index (κ2) is 7.06. The molecule has 6 heteroatoms. The normalized spacial score (nSPS) is 21.0. The van der Waals surface area contributed by atoms with Gasteiger partial charge in [-0.25, -0.2) is 0 Å². The number of aryl methyl sites for hydroxylation is 1. The fourth-order valence-corrected chi connectivity index (χ4v) is 2.81. The van der Waals surface area contributed by atoms with Crippen molar-refractivity contribution in [3.05, 3.63) is 35.4 Å². The Bertz CT molecular complexity index is 585. The van der Waals surface area contributed by atoms with Crippen LogP contribution in [-0.4, -0.2) is 22.9 Å². The summed E-state index contributed by atoms with van der Waals surface area (Å²) in [7, 11) is 0. The van der Waals surface area contributed by atoms with Crippen LogP contribution in [0.4, 0.5) is 0 Å². The zero-order valence-corrected chi connectivity index (χ0v) is 12.5. The van der Waals surface area contributed by atoms with Gasteiger partial charge in [-0.3, -0.25) is 25.2 Å². The van der Waals surface area contributed by atoms with Gasteiger partial charge in [0.25, 0.3) is 5.91 Å². The molecule has 0 saturated heterocycles. The molecule has 0 bridgehead atoms. The molecule has 1 aliphatic rings. The van der Waals surface area contributed by atoms with E-state index in [1.165, 1.54) is 0 Å². The number of carbonyl (C=O) groups is 3. The first-order chi connectivity index (χ1) is 10.5. The Labute approximate surface area is 128 Å². The summed E-state index contributed by atoms with van der Waals surface area (Å²) in [5.74, 6) is -3.08. The molecule has 0 aliphatic heterocycles. The Morgan fingerprint density at radius 2 is 1.77 bits per heavy atom. The molecule has 22 heavy (non-hydrogen) atoms. The van der Waals surface area contributed by atoms with Crippen LogP contribution in [0.2, 0.25) is 0 Å². The Morgan fingerprint density at radius 3 is 2.41 bits per heavy atom. The van der Waals surface area contributed by atoms with E-state index in [4.69, 9.17) is 0 Å². The Balaban J connectivity index is 1.94. The lowest BCUT2D eigenvalue weighted by molar-refractivity contribution is -0.149. The van der Waals surface area contributed by atoms with Crippen LogP contribution in [-0.2, 0) is 9.59 Å². The van der Waals surface area contributed by atoms with Crippen molar-refractivity contribution in [1.29, 1.82) is 0 Å². The van der Waals surface area contributed by atoms with Crippen LogP contribution in [0.5, 0.6) is 0 Å². The summed E-state index contributed by atoms with van der Waals surface area (Å²) in [5, 5.41) is 9.18. The van der Waals surface area contributed by atoms with E-state index in [0.29, 0.717) is 18.4 Å². The highest BCUT2D eigenvalue weighted by Crippen LogP contribution is 2.30. The van der Waals surface area contributed by atoms with Gasteiger partial charge in [-0.1, -0.05) is 30.5 Å². The van der Waals surface area contributed by atoms with Gasteiger partial charge in [0.05, 0.1) is 11.8 Å². The number of nitrogens with one attached hydrogen (secondary N) is 2.